The molecule has 0 saturated carbocycles. The van der Waals surface area contributed by atoms with Gasteiger partial charge in [0.1, 0.15) is 10.5 Å². The quantitative estimate of drug-likeness (QED) is 0.576. The zero-order chi connectivity index (χ0) is 10.3. The van der Waals surface area contributed by atoms with Crippen LogP contribution in [0.2, 0.25) is 15.5 Å². The average Bonchev–Trinajstić information content (AvgIpc) is 1.99. The van der Waals surface area contributed by atoms with Gasteiger partial charge in [-0.05, 0) is 17.7 Å². The van der Waals surface area contributed by atoms with E-state index in [4.69, 9.17) is 34.8 Å². The molecule has 0 saturated heterocycles. The molecular formula is C7H2Cl3N3O. The normalized spacial score (nSPS) is 10.8. The van der Waals surface area contributed by atoms with Crippen molar-refractivity contribution in [3.05, 3.63) is 31.9 Å². The van der Waals surface area contributed by atoms with E-state index in [-0.39, 0.29) is 26.5 Å². The maximum Gasteiger partial charge on any atom is 0.262 e. The number of rotatable bonds is 0. The topological polar surface area (TPSA) is 58.6 Å². The van der Waals surface area contributed by atoms with Gasteiger partial charge < -0.3 is 0 Å². The van der Waals surface area contributed by atoms with Gasteiger partial charge in [-0.15, -0.1) is 0 Å². The van der Waals surface area contributed by atoms with E-state index in [1.807, 2.05) is 0 Å². The predicted octanol–water partition coefficient (Wildman–Crippen LogP) is 2.28. The number of aromatic nitrogens is 3. The Morgan fingerprint density at radius 3 is 2.64 bits per heavy atom. The van der Waals surface area contributed by atoms with Crippen LogP contribution < -0.4 is 5.56 Å². The highest BCUT2D eigenvalue weighted by atomic mass is 35.5. The third kappa shape index (κ3) is 1.56. The first-order valence-corrected chi connectivity index (χ1v) is 4.63. The van der Waals surface area contributed by atoms with Crippen LogP contribution in [0.1, 0.15) is 0 Å². The number of halogens is 3. The molecule has 4 nitrogen and oxygen atoms in total. The molecule has 0 aliphatic carbocycles. The number of hydrogen-bond donors (Lipinski definition) is 1. The number of H-pyrrole nitrogens is 1. The summed E-state index contributed by atoms with van der Waals surface area (Å²) in [5.74, 6) is 0. The molecule has 72 valence electrons. The Morgan fingerprint density at radius 1 is 1.21 bits per heavy atom. The highest BCUT2D eigenvalue weighted by Gasteiger charge is 2.09. The molecule has 7 heteroatoms. The molecule has 0 atom stereocenters. The van der Waals surface area contributed by atoms with Crippen LogP contribution in [-0.4, -0.2) is 15.0 Å². The van der Waals surface area contributed by atoms with Crippen LogP contribution in [0.25, 0.3) is 11.0 Å². The van der Waals surface area contributed by atoms with Crippen molar-refractivity contribution in [1.29, 1.82) is 0 Å². The molecule has 0 aromatic carbocycles. The van der Waals surface area contributed by atoms with Gasteiger partial charge in [-0.25, -0.2) is 4.98 Å². The molecule has 0 aliphatic rings. The second-order valence-corrected chi connectivity index (χ2v) is 3.63. The molecule has 0 fully saturated rings. The Bertz CT molecular complexity index is 561. The van der Waals surface area contributed by atoms with Crippen LogP contribution in [0.5, 0.6) is 0 Å². The van der Waals surface area contributed by atoms with Gasteiger partial charge in [0.05, 0.1) is 5.02 Å². The van der Waals surface area contributed by atoms with Gasteiger partial charge in [0, 0.05) is 0 Å². The molecular weight excluding hydrogens is 248 g/mol. The van der Waals surface area contributed by atoms with Gasteiger partial charge in [-0.2, -0.15) is 4.98 Å². The molecule has 0 spiro atoms. The second kappa shape index (κ2) is 3.38. The molecule has 2 aromatic heterocycles. The minimum atomic E-state index is -0.436. The zero-order valence-electron chi connectivity index (χ0n) is 6.51. The Morgan fingerprint density at radius 2 is 1.93 bits per heavy atom. The number of fused-ring (bicyclic) bond motifs is 1. The van der Waals surface area contributed by atoms with Crippen molar-refractivity contribution in [3.8, 4) is 0 Å². The van der Waals surface area contributed by atoms with Crippen LogP contribution in [0.4, 0.5) is 0 Å². The standard InChI is InChI=1S/C7H2Cl3N3O/c8-2-1-3(9)11-5-4(2)6(14)13-7(10)12-5/h1H,(H,11,12,13,14). The second-order valence-electron chi connectivity index (χ2n) is 2.48. The smallest absolute Gasteiger partial charge is 0.262 e. The Kier molecular flexibility index (Phi) is 2.34. The fraction of sp³-hybridized carbons (Fsp3) is 0. The summed E-state index contributed by atoms with van der Waals surface area (Å²) in [5.41, 5.74) is -0.301. The summed E-state index contributed by atoms with van der Waals surface area (Å²) in [7, 11) is 0. The average molecular weight is 250 g/mol. The molecule has 0 unspecified atom stereocenters. The summed E-state index contributed by atoms with van der Waals surface area (Å²) in [4.78, 5) is 21.3. The van der Waals surface area contributed by atoms with E-state index in [1.54, 1.807) is 0 Å². The minimum Gasteiger partial charge on any atom is -0.296 e. The monoisotopic (exact) mass is 249 g/mol. The van der Waals surface area contributed by atoms with E-state index in [2.05, 4.69) is 15.0 Å². The van der Waals surface area contributed by atoms with Crippen molar-refractivity contribution in [2.24, 2.45) is 0 Å². The molecule has 1 N–H and O–H groups in total. The predicted molar refractivity (Wildman–Crippen MR) is 55.2 cm³/mol. The third-order valence-electron chi connectivity index (χ3n) is 1.57. The van der Waals surface area contributed by atoms with E-state index in [9.17, 15) is 4.79 Å². The highest BCUT2D eigenvalue weighted by molar-refractivity contribution is 6.37. The molecule has 2 aromatic rings. The summed E-state index contributed by atoms with van der Waals surface area (Å²) in [6.45, 7) is 0. The Hall–Kier alpha value is -0.840. The molecule has 2 heterocycles. The molecule has 0 amide bonds. The van der Waals surface area contributed by atoms with Crippen molar-refractivity contribution < 1.29 is 0 Å². The first kappa shape index (κ1) is 9.71. The van der Waals surface area contributed by atoms with Crippen LogP contribution in [0, 0.1) is 0 Å². The van der Waals surface area contributed by atoms with E-state index >= 15 is 0 Å². The fourth-order valence-electron chi connectivity index (χ4n) is 1.04. The van der Waals surface area contributed by atoms with Crippen molar-refractivity contribution in [2.45, 2.75) is 0 Å². The molecule has 0 radical (unpaired) electrons. The van der Waals surface area contributed by atoms with Gasteiger partial charge in [-0.3, -0.25) is 9.78 Å². The lowest BCUT2D eigenvalue weighted by Gasteiger charge is -1.99. The zero-order valence-corrected chi connectivity index (χ0v) is 8.78. The van der Waals surface area contributed by atoms with E-state index in [1.165, 1.54) is 6.07 Å². The van der Waals surface area contributed by atoms with E-state index < -0.39 is 5.56 Å². The Balaban J connectivity index is 3.02. The van der Waals surface area contributed by atoms with Crippen LogP contribution in [0.3, 0.4) is 0 Å². The van der Waals surface area contributed by atoms with Crippen LogP contribution in [-0.2, 0) is 0 Å². The lowest BCUT2D eigenvalue weighted by molar-refractivity contribution is 1.14. The van der Waals surface area contributed by atoms with Gasteiger partial charge in [-0.1, -0.05) is 23.2 Å². The highest BCUT2D eigenvalue weighted by Crippen LogP contribution is 2.21. The minimum absolute atomic E-state index is 0.0478. The number of nitrogens with zero attached hydrogens (tertiary/aromatic N) is 2. The van der Waals surface area contributed by atoms with Crippen molar-refractivity contribution in [1.82, 2.24) is 15.0 Å². The summed E-state index contributed by atoms with van der Waals surface area (Å²) in [6.07, 6.45) is 0. The molecule has 14 heavy (non-hydrogen) atoms. The lowest BCUT2D eigenvalue weighted by Crippen LogP contribution is -2.09. The maximum atomic E-state index is 11.4. The molecule has 0 bridgehead atoms. The summed E-state index contributed by atoms with van der Waals surface area (Å²) in [5, 5.41) is 0.496. The van der Waals surface area contributed by atoms with Gasteiger partial charge >= 0.3 is 0 Å². The summed E-state index contributed by atoms with van der Waals surface area (Å²) in [6, 6.07) is 1.37. The van der Waals surface area contributed by atoms with Gasteiger partial charge in [0.25, 0.3) is 5.56 Å². The van der Waals surface area contributed by atoms with E-state index in [0.717, 1.165) is 0 Å². The maximum absolute atomic E-state index is 11.4. The number of nitrogens with one attached hydrogen (secondary N) is 1. The third-order valence-corrected chi connectivity index (χ3v) is 2.24. The summed E-state index contributed by atoms with van der Waals surface area (Å²) >= 11 is 17.0. The van der Waals surface area contributed by atoms with E-state index in [0.29, 0.717) is 0 Å². The van der Waals surface area contributed by atoms with Crippen molar-refractivity contribution >= 4 is 45.8 Å². The fourth-order valence-corrected chi connectivity index (χ4v) is 1.73. The van der Waals surface area contributed by atoms with Crippen molar-refractivity contribution in [3.63, 3.8) is 0 Å². The first-order chi connectivity index (χ1) is 6.58. The first-order valence-electron chi connectivity index (χ1n) is 3.49. The molecule has 0 aliphatic heterocycles. The van der Waals surface area contributed by atoms with Crippen molar-refractivity contribution in [2.75, 3.05) is 0 Å². The largest absolute Gasteiger partial charge is 0.296 e. The number of aromatic amines is 1. The van der Waals surface area contributed by atoms with Gasteiger partial charge in [0.2, 0.25) is 5.28 Å². The number of pyridine rings is 1. The SMILES string of the molecule is O=c1[nH]c(Cl)nc2nc(Cl)cc(Cl)c12. The summed E-state index contributed by atoms with van der Waals surface area (Å²) < 4.78 is 0. The van der Waals surface area contributed by atoms with Crippen LogP contribution in [0.15, 0.2) is 10.9 Å². The number of hydrogen-bond acceptors (Lipinski definition) is 3. The lowest BCUT2D eigenvalue weighted by atomic mass is 10.3. The van der Waals surface area contributed by atoms with Gasteiger partial charge in [0.15, 0.2) is 5.65 Å². The molecule has 2 rings (SSSR count). The van der Waals surface area contributed by atoms with Crippen LogP contribution >= 0.6 is 34.8 Å². The Labute approximate surface area is 92.8 Å².